The van der Waals surface area contributed by atoms with Crippen LogP contribution in [0.15, 0.2) is 30.5 Å². The summed E-state index contributed by atoms with van der Waals surface area (Å²) in [6, 6.07) is 7.81. The molecule has 0 atom stereocenters. The topological polar surface area (TPSA) is 59.1 Å². The minimum absolute atomic E-state index is 0.639. The van der Waals surface area contributed by atoms with Gasteiger partial charge in [0, 0.05) is 6.20 Å². The highest BCUT2D eigenvalue weighted by atomic mass is 16.5. The molecule has 0 saturated carbocycles. The second-order valence-corrected chi connectivity index (χ2v) is 4.22. The molecule has 0 bridgehead atoms. The highest BCUT2D eigenvalue weighted by Crippen LogP contribution is 2.27. The van der Waals surface area contributed by atoms with Crippen LogP contribution in [0.3, 0.4) is 0 Å². The van der Waals surface area contributed by atoms with Gasteiger partial charge in [0.05, 0.1) is 19.3 Å². The molecule has 0 fully saturated rings. The van der Waals surface area contributed by atoms with Gasteiger partial charge in [-0.2, -0.15) is 0 Å². The first-order valence-corrected chi connectivity index (χ1v) is 6.11. The molecule has 0 spiro atoms. The van der Waals surface area contributed by atoms with Crippen molar-refractivity contribution in [3.63, 3.8) is 0 Å². The van der Waals surface area contributed by atoms with E-state index in [2.05, 4.69) is 20.6 Å². The lowest BCUT2D eigenvalue weighted by molar-refractivity contribution is 0.416. The largest absolute Gasteiger partial charge is 0.495 e. The van der Waals surface area contributed by atoms with Gasteiger partial charge in [-0.05, 0) is 37.7 Å². The molecular weight excluding hydrogens is 240 g/mol. The molecule has 0 saturated heterocycles. The second-order valence-electron chi connectivity index (χ2n) is 4.22. The highest BCUT2D eigenvalue weighted by Gasteiger charge is 2.05. The predicted octanol–water partition coefficient (Wildman–Crippen LogP) is 2.26. The maximum atomic E-state index is 5.33. The minimum Gasteiger partial charge on any atom is -0.495 e. The zero-order valence-electron chi connectivity index (χ0n) is 11.4. The molecular formula is C14H18N4O. The van der Waals surface area contributed by atoms with Crippen LogP contribution in [-0.2, 0) is 6.54 Å². The summed E-state index contributed by atoms with van der Waals surface area (Å²) in [5.41, 5.74) is 2.06. The van der Waals surface area contributed by atoms with Crippen LogP contribution >= 0.6 is 0 Å². The van der Waals surface area contributed by atoms with E-state index in [1.165, 1.54) is 0 Å². The maximum absolute atomic E-state index is 5.33. The second kappa shape index (κ2) is 6.15. The van der Waals surface area contributed by atoms with E-state index in [9.17, 15) is 0 Å². The van der Waals surface area contributed by atoms with Gasteiger partial charge >= 0.3 is 0 Å². The number of nitrogens with zero attached hydrogens (tertiary/aromatic N) is 2. The van der Waals surface area contributed by atoms with Crippen molar-refractivity contribution in [1.29, 1.82) is 0 Å². The van der Waals surface area contributed by atoms with E-state index in [0.29, 0.717) is 6.54 Å². The van der Waals surface area contributed by atoms with E-state index < -0.39 is 0 Å². The van der Waals surface area contributed by atoms with Gasteiger partial charge in [0.2, 0.25) is 0 Å². The number of aryl methyl sites for hydroxylation is 1. The average Bonchev–Trinajstić information content (AvgIpc) is 2.40. The van der Waals surface area contributed by atoms with Crippen LogP contribution in [0, 0.1) is 6.92 Å². The number of ether oxygens (including phenoxy) is 1. The number of hydrogen-bond acceptors (Lipinski definition) is 5. The standard InChI is InChI=1S/C14H18N4O/c1-10-4-5-12(19-3)11(8-10)17-13-6-7-16-14(18-13)9-15-2/h4-8,15H,9H2,1-3H3,(H,16,17,18). The fraction of sp³-hybridized carbons (Fsp3) is 0.286. The van der Waals surface area contributed by atoms with Crippen molar-refractivity contribution in [2.75, 3.05) is 19.5 Å². The van der Waals surface area contributed by atoms with E-state index in [1.807, 2.05) is 38.2 Å². The van der Waals surface area contributed by atoms with Crippen molar-refractivity contribution < 1.29 is 4.74 Å². The number of hydrogen-bond donors (Lipinski definition) is 2. The Morgan fingerprint density at radius 2 is 2.11 bits per heavy atom. The summed E-state index contributed by atoms with van der Waals surface area (Å²) in [4.78, 5) is 8.61. The monoisotopic (exact) mass is 258 g/mol. The number of methoxy groups -OCH3 is 1. The maximum Gasteiger partial charge on any atom is 0.144 e. The molecule has 1 aromatic heterocycles. The normalized spacial score (nSPS) is 10.3. The molecule has 2 aromatic rings. The van der Waals surface area contributed by atoms with Crippen LogP contribution in [-0.4, -0.2) is 24.1 Å². The van der Waals surface area contributed by atoms with Crippen LogP contribution < -0.4 is 15.4 Å². The number of rotatable bonds is 5. The Labute approximate surface area is 113 Å². The fourth-order valence-electron chi connectivity index (χ4n) is 1.77. The molecule has 1 aromatic carbocycles. The lowest BCUT2D eigenvalue weighted by atomic mass is 10.2. The molecule has 19 heavy (non-hydrogen) atoms. The zero-order chi connectivity index (χ0) is 13.7. The Morgan fingerprint density at radius 3 is 2.84 bits per heavy atom. The zero-order valence-corrected chi connectivity index (χ0v) is 11.4. The third kappa shape index (κ3) is 3.42. The Balaban J connectivity index is 2.25. The molecule has 1 heterocycles. The van der Waals surface area contributed by atoms with E-state index in [0.717, 1.165) is 28.6 Å². The Kier molecular flexibility index (Phi) is 4.30. The summed E-state index contributed by atoms with van der Waals surface area (Å²) in [5, 5.41) is 6.29. The van der Waals surface area contributed by atoms with Crippen molar-refractivity contribution in [2.24, 2.45) is 0 Å². The van der Waals surface area contributed by atoms with E-state index in [-0.39, 0.29) is 0 Å². The number of nitrogens with one attached hydrogen (secondary N) is 2. The molecule has 5 heteroatoms. The smallest absolute Gasteiger partial charge is 0.144 e. The molecule has 0 aliphatic carbocycles. The van der Waals surface area contributed by atoms with Crippen molar-refractivity contribution in [2.45, 2.75) is 13.5 Å². The van der Waals surface area contributed by atoms with Gasteiger partial charge in [0.25, 0.3) is 0 Å². The Bertz CT molecular complexity index is 557. The van der Waals surface area contributed by atoms with Gasteiger partial charge in [-0.15, -0.1) is 0 Å². The summed E-state index contributed by atoms with van der Waals surface area (Å²) < 4.78 is 5.33. The third-order valence-electron chi connectivity index (χ3n) is 2.66. The third-order valence-corrected chi connectivity index (χ3v) is 2.66. The summed E-state index contributed by atoms with van der Waals surface area (Å²) in [6.07, 6.45) is 1.74. The van der Waals surface area contributed by atoms with Gasteiger partial charge in [-0.3, -0.25) is 0 Å². The van der Waals surface area contributed by atoms with Crippen LogP contribution in [0.25, 0.3) is 0 Å². The number of benzene rings is 1. The molecule has 0 aliphatic rings. The SMILES string of the molecule is CNCc1nccc(Nc2cc(C)ccc2OC)n1. The highest BCUT2D eigenvalue weighted by molar-refractivity contribution is 5.64. The lowest BCUT2D eigenvalue weighted by Crippen LogP contribution is -2.09. The van der Waals surface area contributed by atoms with Crippen LogP contribution in [0.4, 0.5) is 11.5 Å². The Hall–Kier alpha value is -2.14. The molecule has 0 amide bonds. The average molecular weight is 258 g/mol. The fourth-order valence-corrected chi connectivity index (χ4v) is 1.77. The summed E-state index contributed by atoms with van der Waals surface area (Å²) in [6.45, 7) is 2.68. The van der Waals surface area contributed by atoms with E-state index >= 15 is 0 Å². The van der Waals surface area contributed by atoms with Gasteiger partial charge in [-0.25, -0.2) is 9.97 Å². The first-order chi connectivity index (χ1) is 9.22. The summed E-state index contributed by atoms with van der Waals surface area (Å²) in [7, 11) is 3.52. The molecule has 2 rings (SSSR count). The number of aromatic nitrogens is 2. The quantitative estimate of drug-likeness (QED) is 0.861. The van der Waals surface area contributed by atoms with Crippen molar-refractivity contribution in [3.8, 4) is 5.75 Å². The van der Waals surface area contributed by atoms with Gasteiger partial charge < -0.3 is 15.4 Å². The van der Waals surface area contributed by atoms with Gasteiger partial charge in [-0.1, -0.05) is 6.07 Å². The molecule has 5 nitrogen and oxygen atoms in total. The molecule has 0 aliphatic heterocycles. The van der Waals surface area contributed by atoms with Crippen LogP contribution in [0.2, 0.25) is 0 Å². The predicted molar refractivity (Wildman–Crippen MR) is 75.8 cm³/mol. The van der Waals surface area contributed by atoms with Crippen LogP contribution in [0.1, 0.15) is 11.4 Å². The molecule has 100 valence electrons. The molecule has 2 N–H and O–H groups in total. The molecule has 0 unspecified atom stereocenters. The van der Waals surface area contributed by atoms with Crippen molar-refractivity contribution in [3.05, 3.63) is 41.9 Å². The first kappa shape index (κ1) is 13.3. The summed E-state index contributed by atoms with van der Waals surface area (Å²) >= 11 is 0. The minimum atomic E-state index is 0.639. The van der Waals surface area contributed by atoms with Crippen LogP contribution in [0.5, 0.6) is 5.75 Å². The number of anilines is 2. The van der Waals surface area contributed by atoms with Gasteiger partial charge in [0.15, 0.2) is 0 Å². The lowest BCUT2D eigenvalue weighted by Gasteiger charge is -2.11. The van der Waals surface area contributed by atoms with Crippen molar-refractivity contribution in [1.82, 2.24) is 15.3 Å². The Morgan fingerprint density at radius 1 is 1.26 bits per heavy atom. The van der Waals surface area contributed by atoms with Gasteiger partial charge in [0.1, 0.15) is 17.4 Å². The summed E-state index contributed by atoms with van der Waals surface area (Å²) in [5.74, 6) is 2.29. The van der Waals surface area contributed by atoms with Crippen molar-refractivity contribution >= 4 is 11.5 Å². The first-order valence-electron chi connectivity index (χ1n) is 6.11. The van der Waals surface area contributed by atoms with E-state index in [4.69, 9.17) is 4.74 Å². The molecule has 0 radical (unpaired) electrons. The van der Waals surface area contributed by atoms with E-state index in [1.54, 1.807) is 13.3 Å².